The Morgan fingerprint density at radius 3 is 2.32 bits per heavy atom. The number of nitrogens with one attached hydrogen (secondary N) is 1. The number of anilines is 1. The summed E-state index contributed by atoms with van der Waals surface area (Å²) in [6.07, 6.45) is 0.169. The van der Waals surface area contributed by atoms with Crippen LogP contribution in [0.2, 0.25) is 0 Å². The zero-order valence-electron chi connectivity index (χ0n) is 19.8. The zero-order valence-corrected chi connectivity index (χ0v) is 19.8. The van der Waals surface area contributed by atoms with E-state index in [9.17, 15) is 19.2 Å². The Bertz CT molecular complexity index is 1010. The molecule has 0 aliphatic rings. The van der Waals surface area contributed by atoms with E-state index in [0.29, 0.717) is 23.2 Å². The summed E-state index contributed by atoms with van der Waals surface area (Å²) in [4.78, 5) is 49.9. The smallest absolute Gasteiger partial charge is 0.414 e. The lowest BCUT2D eigenvalue weighted by atomic mass is 10.1. The molecule has 9 heteroatoms. The van der Waals surface area contributed by atoms with Gasteiger partial charge in [-0.15, -0.1) is 0 Å². The molecule has 0 aromatic heterocycles. The molecule has 0 saturated carbocycles. The van der Waals surface area contributed by atoms with E-state index in [1.165, 1.54) is 19.1 Å². The van der Waals surface area contributed by atoms with E-state index in [-0.39, 0.29) is 19.4 Å². The van der Waals surface area contributed by atoms with Gasteiger partial charge in [-0.1, -0.05) is 30.3 Å². The Morgan fingerprint density at radius 1 is 1.00 bits per heavy atom. The Morgan fingerprint density at radius 2 is 1.71 bits per heavy atom. The Balaban J connectivity index is 2.02. The Labute approximate surface area is 199 Å². The number of esters is 2. The van der Waals surface area contributed by atoms with Crippen molar-refractivity contribution in [2.24, 2.45) is 0 Å². The molecule has 1 unspecified atom stereocenters. The molecule has 0 bridgehead atoms. The number of amides is 2. The summed E-state index contributed by atoms with van der Waals surface area (Å²) >= 11 is 0. The highest BCUT2D eigenvalue weighted by atomic mass is 16.6. The van der Waals surface area contributed by atoms with Gasteiger partial charge in [-0.05, 0) is 49.1 Å². The molecule has 0 spiro atoms. The minimum absolute atomic E-state index is 0.125. The molecule has 2 aromatic carbocycles. The predicted octanol–water partition coefficient (Wildman–Crippen LogP) is 3.38. The van der Waals surface area contributed by atoms with Crippen LogP contribution in [0.5, 0.6) is 0 Å². The van der Waals surface area contributed by atoms with E-state index in [4.69, 9.17) is 9.47 Å². The van der Waals surface area contributed by atoms with Crippen LogP contribution in [0, 0.1) is 6.92 Å². The van der Waals surface area contributed by atoms with Crippen LogP contribution in [0.4, 0.5) is 10.5 Å². The van der Waals surface area contributed by atoms with E-state index in [1.54, 1.807) is 32.2 Å². The molecule has 1 N–H and O–H groups in total. The first-order chi connectivity index (χ1) is 16.3. The topological polar surface area (TPSA) is 111 Å². The Kier molecular flexibility index (Phi) is 10.1. The molecule has 9 nitrogen and oxygen atoms in total. The van der Waals surface area contributed by atoms with Crippen molar-refractivity contribution in [1.29, 1.82) is 0 Å². The van der Waals surface area contributed by atoms with Crippen molar-refractivity contribution in [3.63, 3.8) is 0 Å². The maximum Gasteiger partial charge on any atom is 0.414 e. The second-order valence-corrected chi connectivity index (χ2v) is 7.62. The van der Waals surface area contributed by atoms with E-state index < -0.39 is 30.0 Å². The predicted molar refractivity (Wildman–Crippen MR) is 125 cm³/mol. The molecule has 0 saturated heterocycles. The number of nitrogens with zero attached hydrogens (tertiary/aromatic N) is 1. The van der Waals surface area contributed by atoms with Gasteiger partial charge < -0.3 is 19.5 Å². The van der Waals surface area contributed by atoms with Crippen LogP contribution in [-0.4, -0.2) is 51.2 Å². The van der Waals surface area contributed by atoms with Crippen molar-refractivity contribution in [3.05, 3.63) is 65.2 Å². The quantitative estimate of drug-likeness (QED) is 0.419. The number of aryl methyl sites for hydroxylation is 1. The van der Waals surface area contributed by atoms with Gasteiger partial charge in [0, 0.05) is 24.7 Å². The normalized spacial score (nSPS) is 11.2. The molecule has 34 heavy (non-hydrogen) atoms. The van der Waals surface area contributed by atoms with Gasteiger partial charge in [0.2, 0.25) is 0 Å². The van der Waals surface area contributed by atoms with E-state index in [1.807, 2.05) is 30.3 Å². The lowest BCUT2D eigenvalue weighted by Gasteiger charge is -2.20. The van der Waals surface area contributed by atoms with Gasteiger partial charge in [0.15, 0.2) is 0 Å². The first kappa shape index (κ1) is 26.4. The molecular formula is C25H30N2O7. The van der Waals surface area contributed by atoms with Crippen molar-refractivity contribution in [1.82, 2.24) is 5.32 Å². The van der Waals surface area contributed by atoms with Gasteiger partial charge in [-0.25, -0.2) is 9.59 Å². The van der Waals surface area contributed by atoms with Gasteiger partial charge >= 0.3 is 18.0 Å². The van der Waals surface area contributed by atoms with Crippen LogP contribution in [0.1, 0.15) is 40.7 Å². The standard InChI is InChI=1S/C25H30N2O7/c1-17-15-19(23(29)26-20(24(30)33-4)11-8-12-22(28)32-3)13-14-21(17)27(2)25(31)34-16-18-9-6-5-7-10-18/h5-7,9-10,13-15,20H,8,11-12,16H2,1-4H3,(H,26,29). The van der Waals surface area contributed by atoms with Gasteiger partial charge in [-0.2, -0.15) is 0 Å². The summed E-state index contributed by atoms with van der Waals surface area (Å²) in [6.45, 7) is 1.91. The summed E-state index contributed by atoms with van der Waals surface area (Å²) < 4.78 is 14.7. The fourth-order valence-electron chi connectivity index (χ4n) is 3.27. The molecule has 0 heterocycles. The first-order valence-electron chi connectivity index (χ1n) is 10.8. The molecule has 0 aliphatic heterocycles. The molecule has 0 radical (unpaired) electrons. The van der Waals surface area contributed by atoms with Gasteiger partial charge in [-0.3, -0.25) is 14.5 Å². The number of carbonyl (C=O) groups excluding carboxylic acids is 4. The van der Waals surface area contributed by atoms with Gasteiger partial charge in [0.05, 0.1) is 14.2 Å². The van der Waals surface area contributed by atoms with E-state index in [0.717, 1.165) is 5.56 Å². The van der Waals surface area contributed by atoms with Crippen molar-refractivity contribution in [2.45, 2.75) is 38.8 Å². The highest BCUT2D eigenvalue weighted by Crippen LogP contribution is 2.21. The minimum atomic E-state index is -0.905. The van der Waals surface area contributed by atoms with Crippen LogP contribution in [0.15, 0.2) is 48.5 Å². The largest absolute Gasteiger partial charge is 0.469 e. The van der Waals surface area contributed by atoms with E-state index in [2.05, 4.69) is 10.1 Å². The molecule has 2 amide bonds. The molecular weight excluding hydrogens is 440 g/mol. The monoisotopic (exact) mass is 470 g/mol. The zero-order chi connectivity index (χ0) is 25.1. The van der Waals surface area contributed by atoms with Crippen LogP contribution >= 0.6 is 0 Å². The number of hydrogen-bond donors (Lipinski definition) is 1. The third-order valence-corrected chi connectivity index (χ3v) is 5.19. The lowest BCUT2D eigenvalue weighted by molar-refractivity contribution is -0.144. The number of benzene rings is 2. The second kappa shape index (κ2) is 13.0. The number of hydrogen-bond acceptors (Lipinski definition) is 7. The van der Waals surface area contributed by atoms with Crippen molar-refractivity contribution in [3.8, 4) is 0 Å². The molecule has 2 aromatic rings. The average Bonchev–Trinajstić information content (AvgIpc) is 2.85. The van der Waals surface area contributed by atoms with Crippen LogP contribution < -0.4 is 10.2 Å². The van der Waals surface area contributed by atoms with Crippen molar-refractivity contribution >= 4 is 29.6 Å². The summed E-state index contributed by atoms with van der Waals surface area (Å²) in [5.41, 5.74) is 2.44. The highest BCUT2D eigenvalue weighted by Gasteiger charge is 2.23. The average molecular weight is 471 g/mol. The fourth-order valence-corrected chi connectivity index (χ4v) is 3.27. The van der Waals surface area contributed by atoms with Crippen molar-refractivity contribution < 1.29 is 33.4 Å². The van der Waals surface area contributed by atoms with Crippen LogP contribution in [0.3, 0.4) is 0 Å². The molecule has 2 rings (SSSR count). The molecule has 182 valence electrons. The number of carbonyl (C=O) groups is 4. The highest BCUT2D eigenvalue weighted by molar-refractivity contribution is 5.98. The first-order valence-corrected chi connectivity index (χ1v) is 10.8. The van der Waals surface area contributed by atoms with Crippen LogP contribution in [-0.2, 0) is 30.4 Å². The van der Waals surface area contributed by atoms with Crippen molar-refractivity contribution in [2.75, 3.05) is 26.2 Å². The number of methoxy groups -OCH3 is 2. The fraction of sp³-hybridized carbons (Fsp3) is 0.360. The van der Waals surface area contributed by atoms with Gasteiger partial charge in [0.25, 0.3) is 5.91 Å². The third-order valence-electron chi connectivity index (χ3n) is 5.19. The lowest BCUT2D eigenvalue weighted by Crippen LogP contribution is -2.41. The van der Waals surface area contributed by atoms with Crippen LogP contribution in [0.25, 0.3) is 0 Å². The summed E-state index contributed by atoms with van der Waals surface area (Å²) in [6, 6.07) is 13.3. The number of ether oxygens (including phenoxy) is 3. The summed E-state index contributed by atoms with van der Waals surface area (Å²) in [5.74, 6) is -1.47. The number of rotatable bonds is 10. The molecule has 0 fully saturated rings. The van der Waals surface area contributed by atoms with Gasteiger partial charge in [0.1, 0.15) is 12.6 Å². The maximum atomic E-state index is 12.7. The molecule has 0 aliphatic carbocycles. The SMILES string of the molecule is COC(=O)CCCC(NC(=O)c1ccc(N(C)C(=O)OCc2ccccc2)c(C)c1)C(=O)OC. The summed E-state index contributed by atoms with van der Waals surface area (Å²) in [5, 5.41) is 2.64. The Hall–Kier alpha value is -3.88. The van der Waals surface area contributed by atoms with E-state index >= 15 is 0 Å². The summed E-state index contributed by atoms with van der Waals surface area (Å²) in [7, 11) is 4.10. The molecule has 1 atom stereocenters. The third kappa shape index (κ3) is 7.61. The maximum absolute atomic E-state index is 12.7. The minimum Gasteiger partial charge on any atom is -0.469 e. The second-order valence-electron chi connectivity index (χ2n) is 7.62.